The standard InChI is InChI=1S/C24H34N4O2/c1-29-22-11-10-20(15-23(22)30-2)17-27-24(25)26-16-19-8-7-9-21(14-19)18-28-12-5-3-4-6-13-28/h7-11,14-15H,3-6,12-13,16-18H2,1-2H3,(H3,25,26,27). The molecular weight excluding hydrogens is 376 g/mol. The fourth-order valence-electron chi connectivity index (χ4n) is 3.79. The molecule has 162 valence electrons. The zero-order chi connectivity index (χ0) is 21.2. The third-order valence-electron chi connectivity index (χ3n) is 5.45. The highest BCUT2D eigenvalue weighted by Crippen LogP contribution is 2.27. The maximum absolute atomic E-state index is 6.08. The van der Waals surface area contributed by atoms with Crippen molar-refractivity contribution in [2.45, 2.75) is 45.3 Å². The van der Waals surface area contributed by atoms with Crippen molar-refractivity contribution in [3.05, 3.63) is 59.2 Å². The van der Waals surface area contributed by atoms with Crippen LogP contribution in [0.3, 0.4) is 0 Å². The normalized spacial score (nSPS) is 15.5. The summed E-state index contributed by atoms with van der Waals surface area (Å²) in [5, 5.41) is 3.17. The molecule has 0 radical (unpaired) electrons. The van der Waals surface area contributed by atoms with Crippen LogP contribution in [0.15, 0.2) is 47.5 Å². The summed E-state index contributed by atoms with van der Waals surface area (Å²) in [6.07, 6.45) is 5.35. The van der Waals surface area contributed by atoms with E-state index < -0.39 is 0 Å². The van der Waals surface area contributed by atoms with Crippen LogP contribution in [0.4, 0.5) is 0 Å². The largest absolute Gasteiger partial charge is 0.493 e. The molecule has 1 aliphatic heterocycles. The number of nitrogens with zero attached hydrogens (tertiary/aromatic N) is 2. The molecule has 2 aromatic carbocycles. The molecular formula is C24H34N4O2. The first-order valence-corrected chi connectivity index (χ1v) is 10.7. The van der Waals surface area contributed by atoms with E-state index in [2.05, 4.69) is 39.5 Å². The highest BCUT2D eigenvalue weighted by molar-refractivity contribution is 5.77. The second-order valence-electron chi connectivity index (χ2n) is 7.75. The van der Waals surface area contributed by atoms with Gasteiger partial charge in [0.25, 0.3) is 0 Å². The molecule has 0 aliphatic carbocycles. The molecule has 0 aromatic heterocycles. The third-order valence-corrected chi connectivity index (χ3v) is 5.45. The summed E-state index contributed by atoms with van der Waals surface area (Å²) in [4.78, 5) is 7.07. The molecule has 0 bridgehead atoms. The molecule has 0 amide bonds. The lowest BCUT2D eigenvalue weighted by Crippen LogP contribution is -2.31. The monoisotopic (exact) mass is 410 g/mol. The number of guanidine groups is 1. The van der Waals surface area contributed by atoms with Gasteiger partial charge in [0.05, 0.1) is 20.8 Å². The van der Waals surface area contributed by atoms with Crippen LogP contribution in [0.25, 0.3) is 0 Å². The Kier molecular flexibility index (Phi) is 8.39. The Bertz CT molecular complexity index is 830. The summed E-state index contributed by atoms with van der Waals surface area (Å²) in [5.74, 6) is 1.85. The van der Waals surface area contributed by atoms with Gasteiger partial charge in [-0.15, -0.1) is 0 Å². The maximum atomic E-state index is 6.08. The van der Waals surface area contributed by atoms with Crippen LogP contribution in [-0.4, -0.2) is 38.2 Å². The number of hydrogen-bond donors (Lipinski definition) is 2. The number of nitrogens with two attached hydrogens (primary N) is 1. The molecule has 1 fully saturated rings. The second-order valence-corrected chi connectivity index (χ2v) is 7.75. The molecule has 0 spiro atoms. The number of methoxy groups -OCH3 is 2. The number of aliphatic imine (C=N–C) groups is 1. The van der Waals surface area contributed by atoms with Crippen molar-refractivity contribution in [1.29, 1.82) is 0 Å². The quantitative estimate of drug-likeness (QED) is 0.513. The van der Waals surface area contributed by atoms with E-state index in [0.717, 1.165) is 12.1 Å². The average molecular weight is 411 g/mol. The van der Waals surface area contributed by atoms with E-state index in [1.165, 1.54) is 49.9 Å². The molecule has 1 saturated heterocycles. The second kappa shape index (κ2) is 11.5. The molecule has 30 heavy (non-hydrogen) atoms. The van der Waals surface area contributed by atoms with E-state index >= 15 is 0 Å². The summed E-state index contributed by atoms with van der Waals surface area (Å²) in [5.41, 5.74) is 9.65. The minimum absolute atomic E-state index is 0.433. The Balaban J connectivity index is 1.52. The van der Waals surface area contributed by atoms with E-state index in [0.29, 0.717) is 30.5 Å². The molecule has 6 heteroatoms. The molecule has 3 rings (SSSR count). The van der Waals surface area contributed by atoms with Gasteiger partial charge in [-0.05, 0) is 54.8 Å². The van der Waals surface area contributed by atoms with Crippen LogP contribution in [-0.2, 0) is 19.6 Å². The molecule has 0 atom stereocenters. The van der Waals surface area contributed by atoms with Crippen LogP contribution in [0.1, 0.15) is 42.4 Å². The van der Waals surface area contributed by atoms with Gasteiger partial charge in [0.1, 0.15) is 0 Å². The van der Waals surface area contributed by atoms with Crippen molar-refractivity contribution in [3.8, 4) is 11.5 Å². The highest BCUT2D eigenvalue weighted by atomic mass is 16.5. The van der Waals surface area contributed by atoms with Crippen LogP contribution in [0.2, 0.25) is 0 Å². The summed E-state index contributed by atoms with van der Waals surface area (Å²) in [6, 6.07) is 14.5. The number of rotatable bonds is 8. The first-order chi connectivity index (χ1) is 14.7. The van der Waals surface area contributed by atoms with Gasteiger partial charge < -0.3 is 20.5 Å². The van der Waals surface area contributed by atoms with Gasteiger partial charge >= 0.3 is 0 Å². The van der Waals surface area contributed by atoms with Crippen LogP contribution < -0.4 is 20.5 Å². The van der Waals surface area contributed by atoms with Gasteiger partial charge in [0.2, 0.25) is 0 Å². The Morgan fingerprint density at radius 3 is 2.40 bits per heavy atom. The minimum Gasteiger partial charge on any atom is -0.493 e. The lowest BCUT2D eigenvalue weighted by molar-refractivity contribution is 0.277. The third kappa shape index (κ3) is 6.66. The van der Waals surface area contributed by atoms with Crippen molar-refractivity contribution in [2.24, 2.45) is 10.7 Å². The average Bonchev–Trinajstić information content (AvgIpc) is 3.05. The maximum Gasteiger partial charge on any atom is 0.189 e. The smallest absolute Gasteiger partial charge is 0.189 e. The fourth-order valence-corrected chi connectivity index (χ4v) is 3.79. The zero-order valence-corrected chi connectivity index (χ0v) is 18.2. The first kappa shape index (κ1) is 22.0. The Morgan fingerprint density at radius 2 is 1.67 bits per heavy atom. The van der Waals surface area contributed by atoms with E-state index in [1.54, 1.807) is 14.2 Å². The van der Waals surface area contributed by atoms with Crippen LogP contribution in [0.5, 0.6) is 11.5 Å². The Hall–Kier alpha value is -2.73. The van der Waals surface area contributed by atoms with Crippen molar-refractivity contribution in [2.75, 3.05) is 27.3 Å². The van der Waals surface area contributed by atoms with Gasteiger partial charge in [-0.2, -0.15) is 0 Å². The van der Waals surface area contributed by atoms with Gasteiger partial charge in [-0.3, -0.25) is 4.90 Å². The Labute approximate surface area is 180 Å². The molecule has 0 saturated carbocycles. The minimum atomic E-state index is 0.433. The number of hydrogen-bond acceptors (Lipinski definition) is 4. The van der Waals surface area contributed by atoms with Crippen molar-refractivity contribution in [1.82, 2.24) is 10.2 Å². The lowest BCUT2D eigenvalue weighted by atomic mass is 10.1. The summed E-state index contributed by atoms with van der Waals surface area (Å²) in [6.45, 7) is 4.57. The molecule has 6 nitrogen and oxygen atoms in total. The number of nitrogens with one attached hydrogen (secondary N) is 1. The van der Waals surface area contributed by atoms with Gasteiger partial charge in [0, 0.05) is 13.1 Å². The van der Waals surface area contributed by atoms with Gasteiger partial charge in [0.15, 0.2) is 17.5 Å². The van der Waals surface area contributed by atoms with E-state index in [4.69, 9.17) is 15.2 Å². The summed E-state index contributed by atoms with van der Waals surface area (Å²) >= 11 is 0. The Morgan fingerprint density at radius 1 is 0.933 bits per heavy atom. The van der Waals surface area contributed by atoms with Gasteiger partial charge in [-0.1, -0.05) is 43.2 Å². The van der Waals surface area contributed by atoms with E-state index in [1.807, 2.05) is 18.2 Å². The predicted octanol–water partition coefficient (Wildman–Crippen LogP) is 3.68. The lowest BCUT2D eigenvalue weighted by Gasteiger charge is -2.20. The highest BCUT2D eigenvalue weighted by Gasteiger charge is 2.09. The SMILES string of the molecule is COc1ccc(CNC(N)=NCc2cccc(CN3CCCCCC3)c2)cc1OC. The van der Waals surface area contributed by atoms with Crippen molar-refractivity contribution >= 4 is 5.96 Å². The topological polar surface area (TPSA) is 72.1 Å². The molecule has 2 aromatic rings. The van der Waals surface area contributed by atoms with Crippen molar-refractivity contribution < 1.29 is 9.47 Å². The van der Waals surface area contributed by atoms with E-state index in [9.17, 15) is 0 Å². The molecule has 3 N–H and O–H groups in total. The van der Waals surface area contributed by atoms with E-state index in [-0.39, 0.29) is 0 Å². The number of ether oxygens (including phenoxy) is 2. The molecule has 1 heterocycles. The number of likely N-dealkylation sites (tertiary alicyclic amines) is 1. The summed E-state index contributed by atoms with van der Waals surface area (Å²) < 4.78 is 10.6. The fraction of sp³-hybridized carbons (Fsp3) is 0.458. The van der Waals surface area contributed by atoms with Crippen LogP contribution in [0, 0.1) is 0 Å². The predicted molar refractivity (Wildman–Crippen MR) is 122 cm³/mol. The zero-order valence-electron chi connectivity index (χ0n) is 18.2. The van der Waals surface area contributed by atoms with Crippen molar-refractivity contribution in [3.63, 3.8) is 0 Å². The molecule has 0 unspecified atom stereocenters. The molecule has 1 aliphatic rings. The number of benzene rings is 2. The van der Waals surface area contributed by atoms with Crippen LogP contribution >= 0.6 is 0 Å². The summed E-state index contributed by atoms with van der Waals surface area (Å²) in [7, 11) is 3.26. The van der Waals surface area contributed by atoms with Gasteiger partial charge in [-0.25, -0.2) is 4.99 Å². The first-order valence-electron chi connectivity index (χ1n) is 10.7.